The summed E-state index contributed by atoms with van der Waals surface area (Å²) in [5, 5.41) is 18.9. The summed E-state index contributed by atoms with van der Waals surface area (Å²) in [5.74, 6) is 1.49. The molecule has 1 unspecified atom stereocenters. The van der Waals surface area contributed by atoms with Gasteiger partial charge in [-0.3, -0.25) is 9.69 Å². The lowest BCUT2D eigenvalue weighted by Gasteiger charge is -2.40. The van der Waals surface area contributed by atoms with Crippen LogP contribution in [0, 0.1) is 5.41 Å². The second-order valence-corrected chi connectivity index (χ2v) is 7.50. The van der Waals surface area contributed by atoms with E-state index in [1.165, 1.54) is 0 Å². The number of para-hydroxylation sites is 1. The van der Waals surface area contributed by atoms with Crippen LogP contribution >= 0.6 is 0 Å². The van der Waals surface area contributed by atoms with Gasteiger partial charge in [0.2, 0.25) is 5.91 Å². The number of amides is 1. The Morgan fingerprint density at radius 3 is 2.59 bits per heavy atom. The summed E-state index contributed by atoms with van der Waals surface area (Å²) < 4.78 is 10.9. The molecule has 27 heavy (non-hydrogen) atoms. The van der Waals surface area contributed by atoms with Crippen LogP contribution in [0.2, 0.25) is 0 Å². The lowest BCUT2D eigenvalue weighted by Crippen LogP contribution is -2.50. The van der Waals surface area contributed by atoms with Crippen LogP contribution < -0.4 is 9.47 Å². The van der Waals surface area contributed by atoms with E-state index in [-0.39, 0.29) is 25.2 Å². The molecule has 1 aromatic carbocycles. The number of carbonyl (C=O) groups excluding carboxylic acids is 1. The first kappa shape index (κ1) is 19.9. The minimum atomic E-state index is -0.410. The van der Waals surface area contributed by atoms with Crippen molar-refractivity contribution in [1.29, 1.82) is 0 Å². The summed E-state index contributed by atoms with van der Waals surface area (Å²) >= 11 is 0. The molecule has 7 heteroatoms. The van der Waals surface area contributed by atoms with Gasteiger partial charge in [-0.1, -0.05) is 12.1 Å². The van der Waals surface area contributed by atoms with E-state index in [4.69, 9.17) is 9.47 Å². The highest BCUT2D eigenvalue weighted by Crippen LogP contribution is 2.42. The van der Waals surface area contributed by atoms with Gasteiger partial charge in [-0.2, -0.15) is 0 Å². The van der Waals surface area contributed by atoms with Crippen LogP contribution in [-0.4, -0.2) is 79.0 Å². The van der Waals surface area contributed by atoms with E-state index in [0.29, 0.717) is 24.6 Å². The molecule has 2 N–H and O–H groups in total. The third-order valence-electron chi connectivity index (χ3n) is 5.99. The van der Waals surface area contributed by atoms with Crippen molar-refractivity contribution in [2.75, 3.05) is 47.1 Å². The molecule has 2 aliphatic heterocycles. The van der Waals surface area contributed by atoms with Gasteiger partial charge in [0.25, 0.3) is 0 Å². The van der Waals surface area contributed by atoms with E-state index >= 15 is 0 Å². The van der Waals surface area contributed by atoms with Gasteiger partial charge in [0, 0.05) is 25.2 Å². The van der Waals surface area contributed by atoms with E-state index in [9.17, 15) is 15.0 Å². The number of aliphatic hydroxyl groups excluding tert-OH is 2. The number of hydrogen-bond acceptors (Lipinski definition) is 6. The molecule has 1 spiro atoms. The maximum atomic E-state index is 13.4. The number of benzene rings is 1. The Hall–Kier alpha value is -1.83. The lowest BCUT2D eigenvalue weighted by molar-refractivity contribution is -0.146. The van der Waals surface area contributed by atoms with E-state index < -0.39 is 5.41 Å². The van der Waals surface area contributed by atoms with Crippen molar-refractivity contribution >= 4 is 5.91 Å². The fraction of sp³-hybridized carbons (Fsp3) is 0.650. The number of ether oxygens (including phenoxy) is 2. The second kappa shape index (κ2) is 8.46. The van der Waals surface area contributed by atoms with Gasteiger partial charge in [0.15, 0.2) is 11.5 Å². The number of carbonyl (C=O) groups is 1. The number of aliphatic hydroxyl groups is 2. The zero-order chi connectivity index (χ0) is 19.4. The monoisotopic (exact) mass is 378 g/mol. The Balaban J connectivity index is 1.77. The van der Waals surface area contributed by atoms with Gasteiger partial charge in [0.1, 0.15) is 0 Å². The van der Waals surface area contributed by atoms with Crippen LogP contribution in [0.15, 0.2) is 18.2 Å². The highest BCUT2D eigenvalue weighted by atomic mass is 16.5. The standard InChI is InChI=1S/C20H30N2O5/c1-26-17-6-3-5-15(18(17)27-2)11-21-9-4-7-20(19(21)25)8-10-22(14-20)16(12-23)13-24/h3,5-6,16,23-24H,4,7-14H2,1-2H3. The fourth-order valence-corrected chi connectivity index (χ4v) is 4.47. The van der Waals surface area contributed by atoms with Crippen LogP contribution in [0.3, 0.4) is 0 Å². The molecule has 0 saturated carbocycles. The molecule has 2 heterocycles. The van der Waals surface area contributed by atoms with Crippen molar-refractivity contribution < 1.29 is 24.5 Å². The lowest BCUT2D eigenvalue weighted by atomic mass is 9.78. The normalized spacial score (nSPS) is 23.4. The largest absolute Gasteiger partial charge is 0.493 e. The minimum Gasteiger partial charge on any atom is -0.493 e. The molecule has 0 radical (unpaired) electrons. The van der Waals surface area contributed by atoms with Crippen LogP contribution in [0.5, 0.6) is 11.5 Å². The predicted molar refractivity (Wildman–Crippen MR) is 101 cm³/mol. The quantitative estimate of drug-likeness (QED) is 0.733. The molecule has 3 rings (SSSR count). The number of methoxy groups -OCH3 is 2. The maximum absolute atomic E-state index is 13.4. The minimum absolute atomic E-state index is 0.0918. The molecule has 0 aliphatic carbocycles. The topological polar surface area (TPSA) is 82.5 Å². The molecule has 7 nitrogen and oxygen atoms in total. The van der Waals surface area contributed by atoms with E-state index in [1.807, 2.05) is 28.0 Å². The SMILES string of the molecule is COc1cccc(CN2CCCC3(CCN(C(CO)CO)C3)C2=O)c1OC. The molecular formula is C20H30N2O5. The molecule has 1 aromatic rings. The number of nitrogens with zero attached hydrogens (tertiary/aromatic N) is 2. The molecule has 1 atom stereocenters. The average molecular weight is 378 g/mol. The molecule has 150 valence electrons. The van der Waals surface area contributed by atoms with E-state index in [0.717, 1.165) is 37.9 Å². The summed E-state index contributed by atoms with van der Waals surface area (Å²) in [7, 11) is 3.22. The molecule has 0 bridgehead atoms. The number of hydrogen-bond donors (Lipinski definition) is 2. The third-order valence-corrected chi connectivity index (χ3v) is 5.99. The van der Waals surface area contributed by atoms with Crippen molar-refractivity contribution in [2.24, 2.45) is 5.41 Å². The van der Waals surface area contributed by atoms with Crippen LogP contribution in [0.25, 0.3) is 0 Å². The van der Waals surface area contributed by atoms with Gasteiger partial charge in [0.05, 0.1) is 38.9 Å². The van der Waals surface area contributed by atoms with Gasteiger partial charge >= 0.3 is 0 Å². The molecule has 1 amide bonds. The zero-order valence-electron chi connectivity index (χ0n) is 16.2. The maximum Gasteiger partial charge on any atom is 0.230 e. The Kier molecular flexibility index (Phi) is 6.24. The Labute approximate surface area is 160 Å². The summed E-state index contributed by atoms with van der Waals surface area (Å²) in [6.07, 6.45) is 2.58. The van der Waals surface area contributed by atoms with Crippen molar-refractivity contribution in [3.8, 4) is 11.5 Å². The summed E-state index contributed by atoms with van der Waals surface area (Å²) in [6, 6.07) is 5.43. The molecular weight excluding hydrogens is 348 g/mol. The Morgan fingerprint density at radius 1 is 1.15 bits per heavy atom. The Bertz CT molecular complexity index is 664. The van der Waals surface area contributed by atoms with Crippen LogP contribution in [0.4, 0.5) is 0 Å². The number of likely N-dealkylation sites (tertiary alicyclic amines) is 2. The number of rotatable bonds is 7. The third kappa shape index (κ3) is 3.77. The first-order chi connectivity index (χ1) is 13.1. The van der Waals surface area contributed by atoms with Gasteiger partial charge in [-0.25, -0.2) is 0 Å². The Morgan fingerprint density at radius 2 is 1.93 bits per heavy atom. The fourth-order valence-electron chi connectivity index (χ4n) is 4.47. The van der Waals surface area contributed by atoms with Crippen molar-refractivity contribution in [2.45, 2.75) is 31.8 Å². The van der Waals surface area contributed by atoms with Gasteiger partial charge in [-0.05, 0) is 31.9 Å². The van der Waals surface area contributed by atoms with Gasteiger partial charge < -0.3 is 24.6 Å². The highest BCUT2D eigenvalue weighted by Gasteiger charge is 2.49. The van der Waals surface area contributed by atoms with Crippen molar-refractivity contribution in [1.82, 2.24) is 9.80 Å². The second-order valence-electron chi connectivity index (χ2n) is 7.50. The first-order valence-electron chi connectivity index (χ1n) is 9.53. The number of piperidine rings is 1. The first-order valence-corrected chi connectivity index (χ1v) is 9.53. The molecule has 2 fully saturated rings. The predicted octanol–water partition coefficient (Wildman–Crippen LogP) is 0.872. The van der Waals surface area contributed by atoms with Crippen molar-refractivity contribution in [3.05, 3.63) is 23.8 Å². The summed E-state index contributed by atoms with van der Waals surface area (Å²) in [4.78, 5) is 17.3. The van der Waals surface area contributed by atoms with E-state index in [1.54, 1.807) is 14.2 Å². The van der Waals surface area contributed by atoms with Crippen LogP contribution in [0.1, 0.15) is 24.8 Å². The van der Waals surface area contributed by atoms with E-state index in [2.05, 4.69) is 0 Å². The van der Waals surface area contributed by atoms with Crippen LogP contribution in [-0.2, 0) is 11.3 Å². The molecule has 2 saturated heterocycles. The average Bonchev–Trinajstić information content (AvgIpc) is 3.11. The summed E-state index contributed by atoms with van der Waals surface area (Å²) in [6.45, 7) is 2.36. The molecule has 0 aromatic heterocycles. The smallest absolute Gasteiger partial charge is 0.230 e. The highest BCUT2D eigenvalue weighted by molar-refractivity contribution is 5.84. The molecule has 2 aliphatic rings. The van der Waals surface area contributed by atoms with Crippen molar-refractivity contribution in [3.63, 3.8) is 0 Å². The summed E-state index contributed by atoms with van der Waals surface area (Å²) in [5.41, 5.74) is 0.521. The van der Waals surface area contributed by atoms with Gasteiger partial charge in [-0.15, -0.1) is 0 Å². The zero-order valence-corrected chi connectivity index (χ0v) is 16.2.